The number of hydrogen-bond acceptors (Lipinski definition) is 5. The highest BCUT2D eigenvalue weighted by atomic mass is 19.4. The summed E-state index contributed by atoms with van der Waals surface area (Å²) in [7, 11) is 0. The van der Waals surface area contributed by atoms with Crippen LogP contribution in [-0.2, 0) is 11.3 Å². The molecule has 1 aromatic heterocycles. The third kappa shape index (κ3) is 5.19. The van der Waals surface area contributed by atoms with Gasteiger partial charge in [-0.05, 0) is 36.1 Å². The molecule has 2 aromatic rings. The van der Waals surface area contributed by atoms with Gasteiger partial charge >= 0.3 is 12.2 Å². The Morgan fingerprint density at radius 2 is 2.00 bits per heavy atom. The molecule has 26 heavy (non-hydrogen) atoms. The van der Waals surface area contributed by atoms with Crippen molar-refractivity contribution in [2.75, 3.05) is 5.32 Å². The predicted molar refractivity (Wildman–Crippen MR) is 84.5 cm³/mol. The molecule has 0 radical (unpaired) electrons. The molecule has 1 aromatic carbocycles. The van der Waals surface area contributed by atoms with E-state index >= 15 is 0 Å². The highest BCUT2D eigenvalue weighted by molar-refractivity contribution is 5.92. The average Bonchev–Trinajstić information content (AvgIpc) is 2.89. The van der Waals surface area contributed by atoms with Crippen LogP contribution in [0.5, 0.6) is 5.75 Å². The van der Waals surface area contributed by atoms with Gasteiger partial charge in [-0.3, -0.25) is 4.79 Å². The lowest BCUT2D eigenvalue weighted by Gasteiger charge is -2.13. The first-order valence-electron chi connectivity index (χ1n) is 7.40. The molecule has 140 valence electrons. The second-order valence-electron chi connectivity index (χ2n) is 5.55. The van der Waals surface area contributed by atoms with E-state index in [-0.39, 0.29) is 12.4 Å². The second kappa shape index (κ2) is 7.42. The number of nitrogens with one attached hydrogen (secondary N) is 1. The van der Waals surface area contributed by atoms with Gasteiger partial charge < -0.3 is 20.2 Å². The minimum atomic E-state index is -4.79. The van der Waals surface area contributed by atoms with Crippen molar-refractivity contribution in [2.45, 2.75) is 26.8 Å². The van der Waals surface area contributed by atoms with Crippen LogP contribution in [-0.4, -0.2) is 27.0 Å². The summed E-state index contributed by atoms with van der Waals surface area (Å²) in [5.41, 5.74) is 0.824. The van der Waals surface area contributed by atoms with Crippen LogP contribution in [0.2, 0.25) is 0 Å². The van der Waals surface area contributed by atoms with E-state index < -0.39 is 28.9 Å². The number of aromatic nitrogens is 2. The molecule has 0 spiro atoms. The number of aryl methyl sites for hydroxylation is 1. The van der Waals surface area contributed by atoms with Crippen LogP contribution in [0, 0.1) is 23.0 Å². The molecule has 0 aliphatic heterocycles. The fraction of sp³-hybridized carbons (Fsp3) is 0.333. The fourth-order valence-corrected chi connectivity index (χ4v) is 2.11. The van der Waals surface area contributed by atoms with Crippen LogP contribution in [0.25, 0.3) is 0 Å². The van der Waals surface area contributed by atoms with E-state index in [9.17, 15) is 28.1 Å². The number of hydrogen-bond donors (Lipinski definition) is 1. The van der Waals surface area contributed by atoms with Gasteiger partial charge in [-0.2, -0.15) is 4.68 Å². The lowest BCUT2D eigenvalue weighted by Crippen LogP contribution is -2.25. The normalized spacial score (nSPS) is 12.5. The quantitative estimate of drug-likeness (QED) is 0.620. The van der Waals surface area contributed by atoms with Gasteiger partial charge in [0.15, 0.2) is 0 Å². The zero-order valence-corrected chi connectivity index (χ0v) is 13.8. The van der Waals surface area contributed by atoms with Crippen LogP contribution < -0.4 is 10.1 Å². The number of carbonyl (C=O) groups is 1. The monoisotopic (exact) mass is 372 g/mol. The van der Waals surface area contributed by atoms with Crippen molar-refractivity contribution in [3.05, 3.63) is 46.1 Å². The average molecular weight is 372 g/mol. The Morgan fingerprint density at radius 1 is 1.38 bits per heavy atom. The number of rotatable bonds is 6. The number of amides is 1. The molecule has 1 unspecified atom stereocenters. The predicted octanol–water partition coefficient (Wildman–Crippen LogP) is 3.27. The van der Waals surface area contributed by atoms with E-state index in [0.29, 0.717) is 11.4 Å². The molecule has 11 heteroatoms. The SMILES string of the molecule is Cc1cc([N+](=O)[O-])nn1CC(C)C(=O)Nc1ccc(OC(F)(F)F)cc1. The van der Waals surface area contributed by atoms with Crippen LogP contribution in [0.4, 0.5) is 24.7 Å². The smallest absolute Gasteiger partial charge is 0.406 e. The molecule has 8 nitrogen and oxygen atoms in total. The van der Waals surface area contributed by atoms with Gasteiger partial charge in [-0.15, -0.1) is 13.2 Å². The number of carbonyl (C=O) groups excluding carboxylic acids is 1. The van der Waals surface area contributed by atoms with Crippen molar-refractivity contribution in [2.24, 2.45) is 5.92 Å². The minimum Gasteiger partial charge on any atom is -0.406 e. The number of nitrogens with zero attached hydrogens (tertiary/aromatic N) is 3. The summed E-state index contributed by atoms with van der Waals surface area (Å²) in [6, 6.07) is 6.00. The van der Waals surface area contributed by atoms with E-state index in [1.165, 1.54) is 22.9 Å². The van der Waals surface area contributed by atoms with E-state index in [4.69, 9.17) is 0 Å². The van der Waals surface area contributed by atoms with E-state index in [0.717, 1.165) is 12.1 Å². The molecule has 0 aliphatic rings. The van der Waals surface area contributed by atoms with Crippen LogP contribution >= 0.6 is 0 Å². The Hall–Kier alpha value is -3.11. The highest BCUT2D eigenvalue weighted by Crippen LogP contribution is 2.24. The van der Waals surface area contributed by atoms with E-state index in [2.05, 4.69) is 15.2 Å². The van der Waals surface area contributed by atoms with Gasteiger partial charge in [0, 0.05) is 5.69 Å². The molecule has 1 atom stereocenters. The van der Waals surface area contributed by atoms with Crippen molar-refractivity contribution in [3.8, 4) is 5.75 Å². The van der Waals surface area contributed by atoms with Gasteiger partial charge in [-0.1, -0.05) is 6.92 Å². The fourth-order valence-electron chi connectivity index (χ4n) is 2.11. The van der Waals surface area contributed by atoms with Crippen LogP contribution in [0.3, 0.4) is 0 Å². The number of anilines is 1. The first-order valence-corrected chi connectivity index (χ1v) is 7.40. The molecular formula is C15H15F3N4O4. The van der Waals surface area contributed by atoms with Crippen molar-refractivity contribution in [1.29, 1.82) is 0 Å². The molecular weight excluding hydrogens is 357 g/mol. The maximum atomic E-state index is 12.2. The van der Waals surface area contributed by atoms with E-state index in [1.807, 2.05) is 0 Å². The minimum absolute atomic E-state index is 0.112. The maximum Gasteiger partial charge on any atom is 0.573 e. The van der Waals surface area contributed by atoms with Gasteiger partial charge in [0.25, 0.3) is 0 Å². The first-order chi connectivity index (χ1) is 12.0. The van der Waals surface area contributed by atoms with Crippen molar-refractivity contribution in [1.82, 2.24) is 9.78 Å². The molecule has 1 N–H and O–H groups in total. The van der Waals surface area contributed by atoms with Crippen LogP contribution in [0.1, 0.15) is 12.6 Å². The summed E-state index contributed by atoms with van der Waals surface area (Å²) in [5, 5.41) is 17.1. The Balaban J connectivity index is 1.97. The number of benzene rings is 1. The summed E-state index contributed by atoms with van der Waals surface area (Å²) < 4.78 is 41.4. The van der Waals surface area contributed by atoms with Crippen molar-refractivity contribution < 1.29 is 27.6 Å². The summed E-state index contributed by atoms with van der Waals surface area (Å²) >= 11 is 0. The van der Waals surface area contributed by atoms with Gasteiger partial charge in [0.05, 0.1) is 29.3 Å². The number of halogens is 3. The van der Waals surface area contributed by atoms with Crippen molar-refractivity contribution >= 4 is 17.4 Å². The molecule has 1 amide bonds. The maximum absolute atomic E-state index is 12.2. The number of alkyl halides is 3. The molecule has 0 saturated carbocycles. The largest absolute Gasteiger partial charge is 0.573 e. The lowest BCUT2D eigenvalue weighted by atomic mass is 10.1. The highest BCUT2D eigenvalue weighted by Gasteiger charge is 2.31. The lowest BCUT2D eigenvalue weighted by molar-refractivity contribution is -0.389. The second-order valence-corrected chi connectivity index (χ2v) is 5.55. The Labute approximate surface area is 145 Å². The number of ether oxygens (including phenoxy) is 1. The standard InChI is InChI=1S/C15H15F3N4O4/c1-9(8-21-10(2)7-13(20-21)22(24)25)14(23)19-11-3-5-12(6-4-11)26-15(16,17)18/h3-7,9H,8H2,1-2H3,(H,19,23). The van der Waals surface area contributed by atoms with Gasteiger partial charge in [-0.25, -0.2) is 0 Å². The molecule has 2 rings (SSSR count). The van der Waals surface area contributed by atoms with E-state index in [1.54, 1.807) is 13.8 Å². The van der Waals surface area contributed by atoms with Gasteiger partial charge in [0.2, 0.25) is 5.91 Å². The molecule has 0 saturated heterocycles. The molecule has 1 heterocycles. The molecule has 0 bridgehead atoms. The zero-order chi connectivity index (χ0) is 19.5. The van der Waals surface area contributed by atoms with Crippen LogP contribution in [0.15, 0.2) is 30.3 Å². The summed E-state index contributed by atoms with van der Waals surface area (Å²) in [6.07, 6.45) is -4.79. The Morgan fingerprint density at radius 3 is 2.50 bits per heavy atom. The van der Waals surface area contributed by atoms with Gasteiger partial charge in [0.1, 0.15) is 5.75 Å². The topological polar surface area (TPSA) is 99.3 Å². The summed E-state index contributed by atoms with van der Waals surface area (Å²) in [4.78, 5) is 22.3. The third-order valence-electron chi connectivity index (χ3n) is 3.41. The molecule has 0 aliphatic carbocycles. The van der Waals surface area contributed by atoms with Crippen molar-refractivity contribution in [3.63, 3.8) is 0 Å². The first kappa shape index (κ1) is 19.2. The zero-order valence-electron chi connectivity index (χ0n) is 13.8. The summed E-state index contributed by atoms with van der Waals surface area (Å²) in [5.74, 6) is -1.70. The Bertz CT molecular complexity index is 802. The number of nitro groups is 1. The third-order valence-corrected chi connectivity index (χ3v) is 3.41. The molecule has 0 fully saturated rings. The Kier molecular flexibility index (Phi) is 5.48. The summed E-state index contributed by atoms with van der Waals surface area (Å²) in [6.45, 7) is 3.34.